The van der Waals surface area contributed by atoms with Gasteiger partial charge in [0.1, 0.15) is 0 Å². The van der Waals surface area contributed by atoms with Gasteiger partial charge >= 0.3 is 6.03 Å². The predicted octanol–water partition coefficient (Wildman–Crippen LogP) is 3.86. The lowest BCUT2D eigenvalue weighted by Gasteiger charge is -2.33. The molecule has 2 aromatic rings. The number of nitrogens with zero attached hydrogens (tertiary/aromatic N) is 2. The molecule has 2 N–H and O–H groups in total. The topological polar surface area (TPSA) is 57.3 Å². The quantitative estimate of drug-likeness (QED) is 0.872. The van der Waals surface area contributed by atoms with Gasteiger partial charge in [0.05, 0.1) is 5.69 Å². The highest BCUT2D eigenvalue weighted by Gasteiger charge is 2.40. The van der Waals surface area contributed by atoms with Gasteiger partial charge in [-0.1, -0.05) is 24.3 Å². The van der Waals surface area contributed by atoms with Gasteiger partial charge in [-0.25, -0.2) is 4.79 Å². The minimum absolute atomic E-state index is 0.0104. The maximum atomic E-state index is 12.7. The van der Waals surface area contributed by atoms with E-state index >= 15 is 0 Å². The summed E-state index contributed by atoms with van der Waals surface area (Å²) in [5, 5.41) is 6.49. The minimum Gasteiger partial charge on any atom is -0.324 e. The van der Waals surface area contributed by atoms with Crippen LogP contribution >= 0.6 is 0 Å². The molecule has 0 unspecified atom stereocenters. The van der Waals surface area contributed by atoms with E-state index in [4.69, 9.17) is 0 Å². The average molecular weight is 362 g/mol. The van der Waals surface area contributed by atoms with E-state index in [9.17, 15) is 4.79 Å². The van der Waals surface area contributed by atoms with Gasteiger partial charge < -0.3 is 15.5 Å². The molecule has 2 amide bonds. The average Bonchev–Trinajstić information content (AvgIpc) is 3.11. The number of pyridine rings is 1. The van der Waals surface area contributed by atoms with Gasteiger partial charge in [-0.15, -0.1) is 0 Å². The van der Waals surface area contributed by atoms with Crippen LogP contribution in [0.2, 0.25) is 0 Å². The molecule has 0 aliphatic carbocycles. The van der Waals surface area contributed by atoms with Crippen molar-refractivity contribution < 1.29 is 4.79 Å². The molecule has 0 radical (unpaired) electrons. The maximum Gasteiger partial charge on any atom is 0.321 e. The zero-order chi connectivity index (χ0) is 18.5. The van der Waals surface area contributed by atoms with Crippen molar-refractivity contribution in [2.75, 3.05) is 31.5 Å². The Morgan fingerprint density at radius 1 is 1.11 bits per heavy atom. The van der Waals surface area contributed by atoms with Gasteiger partial charge in [-0.3, -0.25) is 4.98 Å². The van der Waals surface area contributed by atoms with Crippen LogP contribution in [0.4, 0.5) is 10.5 Å². The lowest BCUT2D eigenvalue weighted by Crippen LogP contribution is -2.40. The molecular weight excluding hydrogens is 336 g/mol. The molecule has 2 aliphatic heterocycles. The highest BCUT2D eigenvalue weighted by molar-refractivity contribution is 5.90. The number of urea groups is 1. The van der Waals surface area contributed by atoms with Gasteiger partial charge in [0.15, 0.2) is 0 Å². The van der Waals surface area contributed by atoms with E-state index in [-0.39, 0.29) is 6.03 Å². The van der Waals surface area contributed by atoms with Crippen LogP contribution in [0.5, 0.6) is 0 Å². The first-order valence-corrected chi connectivity index (χ1v) is 9.68. The van der Waals surface area contributed by atoms with Crippen molar-refractivity contribution in [2.45, 2.75) is 19.3 Å². The summed E-state index contributed by atoms with van der Waals surface area (Å²) in [5.41, 5.74) is 3.11. The fraction of sp³-hybridized carbons (Fsp3) is 0.364. The minimum atomic E-state index is 0.0104. The van der Waals surface area contributed by atoms with Crippen molar-refractivity contribution >= 4 is 23.9 Å². The third-order valence-corrected chi connectivity index (χ3v) is 5.66. The fourth-order valence-electron chi connectivity index (χ4n) is 4.05. The first kappa shape index (κ1) is 17.7. The molecule has 0 bridgehead atoms. The number of hydrogen-bond acceptors (Lipinski definition) is 3. The number of nitrogens with one attached hydrogen (secondary N) is 2. The second-order valence-corrected chi connectivity index (χ2v) is 7.57. The number of benzene rings is 1. The van der Waals surface area contributed by atoms with Crippen LogP contribution in [0.1, 0.15) is 30.5 Å². The predicted molar refractivity (Wildman–Crippen MR) is 109 cm³/mol. The first-order chi connectivity index (χ1) is 13.2. The lowest BCUT2D eigenvalue weighted by molar-refractivity contribution is 0.191. The van der Waals surface area contributed by atoms with Crippen LogP contribution in [0.3, 0.4) is 0 Å². The lowest BCUT2D eigenvalue weighted by atomic mass is 9.78. The highest BCUT2D eigenvalue weighted by atomic mass is 16.2. The summed E-state index contributed by atoms with van der Waals surface area (Å²) in [7, 11) is 0. The molecule has 2 aliphatic rings. The van der Waals surface area contributed by atoms with Crippen LogP contribution in [0.25, 0.3) is 12.2 Å². The molecule has 5 nitrogen and oxygen atoms in total. The number of likely N-dealkylation sites (tertiary alicyclic amines) is 1. The number of carbonyl (C=O) groups is 1. The Balaban J connectivity index is 1.38. The molecule has 5 heteroatoms. The Morgan fingerprint density at radius 2 is 2.00 bits per heavy atom. The van der Waals surface area contributed by atoms with E-state index in [0.717, 1.165) is 49.5 Å². The molecule has 2 saturated heterocycles. The van der Waals surface area contributed by atoms with E-state index < -0.39 is 0 Å². The summed E-state index contributed by atoms with van der Waals surface area (Å²) >= 11 is 0. The zero-order valence-corrected chi connectivity index (χ0v) is 15.5. The largest absolute Gasteiger partial charge is 0.324 e. The van der Waals surface area contributed by atoms with Gasteiger partial charge in [0, 0.05) is 25.0 Å². The second-order valence-electron chi connectivity index (χ2n) is 7.57. The summed E-state index contributed by atoms with van der Waals surface area (Å²) in [6, 6.07) is 13.8. The zero-order valence-electron chi connectivity index (χ0n) is 15.5. The summed E-state index contributed by atoms with van der Waals surface area (Å²) in [4.78, 5) is 19.0. The second kappa shape index (κ2) is 7.92. The van der Waals surface area contributed by atoms with E-state index in [2.05, 4.69) is 15.6 Å². The Hall–Kier alpha value is -2.66. The van der Waals surface area contributed by atoms with Crippen molar-refractivity contribution in [3.63, 3.8) is 0 Å². The number of anilines is 1. The molecule has 1 spiro atoms. The van der Waals surface area contributed by atoms with Gasteiger partial charge in [-0.05, 0) is 73.7 Å². The van der Waals surface area contributed by atoms with Gasteiger partial charge in [-0.2, -0.15) is 0 Å². The molecule has 1 aromatic carbocycles. The van der Waals surface area contributed by atoms with Crippen LogP contribution < -0.4 is 10.6 Å². The van der Waals surface area contributed by atoms with Crippen molar-refractivity contribution in [2.24, 2.45) is 5.41 Å². The number of rotatable bonds is 3. The first-order valence-electron chi connectivity index (χ1n) is 9.68. The summed E-state index contributed by atoms with van der Waals surface area (Å²) in [5.74, 6) is 0. The van der Waals surface area contributed by atoms with Crippen LogP contribution in [-0.2, 0) is 0 Å². The van der Waals surface area contributed by atoms with Crippen molar-refractivity contribution in [1.29, 1.82) is 0 Å². The number of aromatic nitrogens is 1. The van der Waals surface area contributed by atoms with E-state index in [1.54, 1.807) is 6.20 Å². The van der Waals surface area contributed by atoms with Crippen molar-refractivity contribution in [3.05, 3.63) is 59.9 Å². The van der Waals surface area contributed by atoms with Crippen LogP contribution in [-0.4, -0.2) is 42.1 Å². The van der Waals surface area contributed by atoms with E-state index in [1.165, 1.54) is 12.8 Å². The fourth-order valence-corrected chi connectivity index (χ4v) is 4.05. The van der Waals surface area contributed by atoms with E-state index in [1.807, 2.05) is 59.5 Å². The molecule has 140 valence electrons. The summed E-state index contributed by atoms with van der Waals surface area (Å²) < 4.78 is 0. The SMILES string of the molecule is O=C(Nc1cccc(/C=C/c2ccccn2)c1)N1CCC2(CCNCC2)C1. The number of carbonyl (C=O) groups excluding carboxylic acids is 1. The molecule has 0 atom stereocenters. The van der Waals surface area contributed by atoms with Crippen molar-refractivity contribution in [3.8, 4) is 0 Å². The Labute approximate surface area is 160 Å². The Kier molecular flexibility index (Phi) is 5.21. The Morgan fingerprint density at radius 3 is 2.81 bits per heavy atom. The third kappa shape index (κ3) is 4.37. The van der Waals surface area contributed by atoms with E-state index in [0.29, 0.717) is 5.41 Å². The summed E-state index contributed by atoms with van der Waals surface area (Å²) in [6.07, 6.45) is 9.23. The van der Waals surface area contributed by atoms with Crippen LogP contribution in [0.15, 0.2) is 48.7 Å². The molecular formula is C22H26N4O. The van der Waals surface area contributed by atoms with Gasteiger partial charge in [0.25, 0.3) is 0 Å². The number of hydrogen-bond donors (Lipinski definition) is 2. The standard InChI is InChI=1S/C22H26N4O/c27-21(26-15-11-22(17-26)9-13-23-14-10-22)25-20-6-3-4-18(16-20)7-8-19-5-1-2-12-24-19/h1-8,12,16,23H,9-11,13-15,17H2,(H,25,27)/b8-7+. The Bertz CT molecular complexity index is 812. The van der Waals surface area contributed by atoms with Gasteiger partial charge in [0.2, 0.25) is 0 Å². The monoisotopic (exact) mass is 362 g/mol. The van der Waals surface area contributed by atoms with Crippen molar-refractivity contribution in [1.82, 2.24) is 15.2 Å². The highest BCUT2D eigenvalue weighted by Crippen LogP contribution is 2.38. The van der Waals surface area contributed by atoms with Crippen LogP contribution in [0, 0.1) is 5.41 Å². The maximum absolute atomic E-state index is 12.7. The smallest absolute Gasteiger partial charge is 0.321 e. The normalized spacial score (nSPS) is 18.9. The summed E-state index contributed by atoms with van der Waals surface area (Å²) in [6.45, 7) is 3.87. The molecule has 0 saturated carbocycles. The molecule has 3 heterocycles. The molecule has 2 fully saturated rings. The number of piperidine rings is 1. The molecule has 4 rings (SSSR count). The molecule has 1 aromatic heterocycles. The third-order valence-electron chi connectivity index (χ3n) is 5.66. The number of amides is 2. The molecule has 27 heavy (non-hydrogen) atoms.